The maximum Gasteiger partial charge on any atom is 0.417 e. The van der Waals surface area contributed by atoms with Crippen molar-refractivity contribution in [1.29, 1.82) is 0 Å². The Balaban J connectivity index is 2.12. The first kappa shape index (κ1) is 16.0. The minimum atomic E-state index is -4.47. The van der Waals surface area contributed by atoms with Crippen LogP contribution in [0, 0.1) is 5.92 Å². The van der Waals surface area contributed by atoms with Gasteiger partial charge in [0.1, 0.15) is 4.99 Å². The van der Waals surface area contributed by atoms with Gasteiger partial charge in [0.2, 0.25) is 0 Å². The number of hydrogen-bond donors (Lipinski definition) is 2. The quantitative estimate of drug-likeness (QED) is 0.838. The number of rotatable bonds is 4. The smallest absolute Gasteiger partial charge is 0.389 e. The van der Waals surface area contributed by atoms with Gasteiger partial charge in [-0.1, -0.05) is 12.2 Å². The van der Waals surface area contributed by atoms with E-state index in [4.69, 9.17) is 5.73 Å². The predicted octanol–water partition coefficient (Wildman–Crippen LogP) is 2.70. The number of anilines is 1. The second kappa shape index (κ2) is 6.19. The molecule has 1 heterocycles. The van der Waals surface area contributed by atoms with Gasteiger partial charge in [-0.15, -0.1) is 0 Å². The molecule has 0 saturated carbocycles. The number of nitrogens with one attached hydrogen (secondary N) is 1. The van der Waals surface area contributed by atoms with E-state index < -0.39 is 11.7 Å². The monoisotopic (exact) mass is 317 g/mol. The molecular weight excluding hydrogens is 299 g/mol. The van der Waals surface area contributed by atoms with Crippen LogP contribution in [-0.4, -0.2) is 36.6 Å². The van der Waals surface area contributed by atoms with E-state index in [1.165, 1.54) is 6.07 Å². The molecule has 1 aliphatic rings. The highest BCUT2D eigenvalue weighted by atomic mass is 32.1. The average molecular weight is 317 g/mol. The molecule has 1 aromatic rings. The molecule has 1 saturated heterocycles. The van der Waals surface area contributed by atoms with E-state index in [0.29, 0.717) is 18.2 Å². The van der Waals surface area contributed by atoms with Crippen LogP contribution in [0.25, 0.3) is 0 Å². The van der Waals surface area contributed by atoms with Crippen LogP contribution < -0.4 is 11.1 Å². The molecule has 1 atom stereocenters. The van der Waals surface area contributed by atoms with E-state index in [0.717, 1.165) is 25.6 Å². The number of benzene rings is 1. The number of alkyl halides is 3. The molecule has 1 unspecified atom stereocenters. The topological polar surface area (TPSA) is 41.3 Å². The summed E-state index contributed by atoms with van der Waals surface area (Å²) in [6.45, 7) is 2.65. The average Bonchev–Trinajstić information content (AvgIpc) is 2.81. The summed E-state index contributed by atoms with van der Waals surface area (Å²) in [5.41, 5.74) is 4.87. The second-order valence-electron chi connectivity index (χ2n) is 5.42. The second-order valence-corrected chi connectivity index (χ2v) is 5.86. The molecule has 0 aliphatic carbocycles. The van der Waals surface area contributed by atoms with Crippen LogP contribution in [0.3, 0.4) is 0 Å². The maximum atomic E-state index is 13.0. The van der Waals surface area contributed by atoms with Crippen LogP contribution in [0.1, 0.15) is 17.5 Å². The summed E-state index contributed by atoms with van der Waals surface area (Å²) in [6, 6.07) is 3.99. The lowest BCUT2D eigenvalue weighted by atomic mass is 10.1. The van der Waals surface area contributed by atoms with Crippen molar-refractivity contribution in [2.45, 2.75) is 12.6 Å². The van der Waals surface area contributed by atoms with Crippen molar-refractivity contribution in [3.05, 3.63) is 29.3 Å². The third-order valence-electron chi connectivity index (χ3n) is 3.67. The largest absolute Gasteiger partial charge is 0.417 e. The number of nitrogens with zero attached hydrogens (tertiary/aromatic N) is 1. The Morgan fingerprint density at radius 2 is 2.19 bits per heavy atom. The Morgan fingerprint density at radius 3 is 2.71 bits per heavy atom. The minimum absolute atomic E-state index is 0.136. The van der Waals surface area contributed by atoms with Gasteiger partial charge in [-0.3, -0.25) is 0 Å². The zero-order valence-electron chi connectivity index (χ0n) is 11.7. The molecule has 21 heavy (non-hydrogen) atoms. The predicted molar refractivity (Wildman–Crippen MR) is 81.4 cm³/mol. The van der Waals surface area contributed by atoms with Crippen molar-refractivity contribution in [3.8, 4) is 0 Å². The maximum absolute atomic E-state index is 13.0. The summed E-state index contributed by atoms with van der Waals surface area (Å²) in [4.78, 5) is 1.97. The molecular formula is C14H18F3N3S. The molecule has 2 rings (SSSR count). The van der Waals surface area contributed by atoms with Crippen LogP contribution >= 0.6 is 12.2 Å². The SMILES string of the molecule is CN1CCC(CNc2ccc(C(N)=S)c(C(F)(F)F)c2)C1. The van der Waals surface area contributed by atoms with Crippen molar-refractivity contribution in [1.82, 2.24) is 4.90 Å². The molecule has 0 aromatic heterocycles. The van der Waals surface area contributed by atoms with Crippen molar-refractivity contribution >= 4 is 22.9 Å². The molecule has 1 aromatic carbocycles. The van der Waals surface area contributed by atoms with E-state index in [9.17, 15) is 13.2 Å². The molecule has 116 valence electrons. The zero-order valence-corrected chi connectivity index (χ0v) is 12.5. The number of hydrogen-bond acceptors (Lipinski definition) is 3. The molecule has 0 bridgehead atoms. The van der Waals surface area contributed by atoms with Gasteiger partial charge < -0.3 is 16.0 Å². The number of nitrogens with two attached hydrogens (primary N) is 1. The minimum Gasteiger partial charge on any atom is -0.389 e. The van der Waals surface area contributed by atoms with E-state index >= 15 is 0 Å². The van der Waals surface area contributed by atoms with E-state index in [1.807, 2.05) is 7.05 Å². The van der Waals surface area contributed by atoms with Gasteiger partial charge in [-0.25, -0.2) is 0 Å². The van der Waals surface area contributed by atoms with Gasteiger partial charge >= 0.3 is 6.18 Å². The van der Waals surface area contributed by atoms with Crippen LogP contribution in [-0.2, 0) is 6.18 Å². The summed E-state index contributed by atoms with van der Waals surface area (Å²) in [7, 11) is 2.04. The van der Waals surface area contributed by atoms with Gasteiger partial charge in [0.05, 0.1) is 5.56 Å². The lowest BCUT2D eigenvalue weighted by molar-refractivity contribution is -0.137. The fraction of sp³-hybridized carbons (Fsp3) is 0.500. The van der Waals surface area contributed by atoms with Gasteiger partial charge in [0.25, 0.3) is 0 Å². The number of halogens is 3. The third-order valence-corrected chi connectivity index (χ3v) is 3.89. The van der Waals surface area contributed by atoms with Crippen molar-refractivity contribution < 1.29 is 13.2 Å². The zero-order chi connectivity index (χ0) is 15.6. The third kappa shape index (κ3) is 4.07. The summed E-state index contributed by atoms with van der Waals surface area (Å²) in [5, 5.41) is 3.08. The first-order chi connectivity index (χ1) is 9.77. The van der Waals surface area contributed by atoms with Gasteiger partial charge in [-0.05, 0) is 44.1 Å². The molecule has 3 nitrogen and oxygen atoms in total. The lowest BCUT2D eigenvalue weighted by Crippen LogP contribution is -2.20. The number of thiocarbonyl (C=S) groups is 1. The molecule has 0 radical (unpaired) electrons. The van der Waals surface area contributed by atoms with Gasteiger partial charge in [-0.2, -0.15) is 13.2 Å². The summed E-state index contributed by atoms with van der Waals surface area (Å²) in [5.74, 6) is 0.458. The van der Waals surface area contributed by atoms with Crippen LogP contribution in [0.5, 0.6) is 0 Å². The fourth-order valence-corrected chi connectivity index (χ4v) is 2.74. The number of likely N-dealkylation sites (tertiary alicyclic amines) is 1. The Kier molecular flexibility index (Phi) is 4.73. The lowest BCUT2D eigenvalue weighted by Gasteiger charge is -2.16. The summed E-state index contributed by atoms with van der Waals surface area (Å²) < 4.78 is 39.1. The Labute approximate surface area is 127 Å². The summed E-state index contributed by atoms with van der Waals surface area (Å²) >= 11 is 4.68. The van der Waals surface area contributed by atoms with E-state index in [1.54, 1.807) is 6.07 Å². The first-order valence-corrected chi connectivity index (χ1v) is 7.11. The van der Waals surface area contributed by atoms with Crippen molar-refractivity contribution in [3.63, 3.8) is 0 Å². The van der Waals surface area contributed by atoms with Crippen LogP contribution in [0.15, 0.2) is 18.2 Å². The Bertz CT molecular complexity index is 531. The van der Waals surface area contributed by atoms with Gasteiger partial charge in [0, 0.05) is 24.3 Å². The fourth-order valence-electron chi connectivity index (χ4n) is 2.56. The van der Waals surface area contributed by atoms with Crippen LogP contribution in [0.4, 0.5) is 18.9 Å². The Morgan fingerprint density at radius 1 is 1.48 bits per heavy atom. The van der Waals surface area contributed by atoms with Crippen molar-refractivity contribution in [2.24, 2.45) is 11.7 Å². The molecule has 1 fully saturated rings. The van der Waals surface area contributed by atoms with E-state index in [-0.39, 0.29) is 10.6 Å². The first-order valence-electron chi connectivity index (χ1n) is 6.71. The highest BCUT2D eigenvalue weighted by Crippen LogP contribution is 2.34. The highest BCUT2D eigenvalue weighted by molar-refractivity contribution is 7.80. The Hall–Kier alpha value is -1.34. The molecule has 1 aliphatic heterocycles. The molecule has 7 heteroatoms. The molecule has 0 amide bonds. The molecule has 0 spiro atoms. The van der Waals surface area contributed by atoms with Crippen LogP contribution in [0.2, 0.25) is 0 Å². The highest BCUT2D eigenvalue weighted by Gasteiger charge is 2.34. The van der Waals surface area contributed by atoms with Crippen molar-refractivity contribution in [2.75, 3.05) is 32.0 Å². The van der Waals surface area contributed by atoms with Gasteiger partial charge in [0.15, 0.2) is 0 Å². The summed E-state index contributed by atoms with van der Waals surface area (Å²) in [6.07, 6.45) is -3.41. The molecule has 3 N–H and O–H groups in total. The standard InChI is InChI=1S/C14H18F3N3S/c1-20-5-4-9(8-20)7-19-10-2-3-11(13(18)21)12(6-10)14(15,16)17/h2-3,6,9,19H,4-5,7-8H2,1H3,(H2,18,21). The normalized spacial score (nSPS) is 19.7. The van der Waals surface area contributed by atoms with E-state index in [2.05, 4.69) is 22.4 Å².